The van der Waals surface area contributed by atoms with Crippen LogP contribution in [0.5, 0.6) is 0 Å². The molecule has 3 rings (SSSR count). The minimum absolute atomic E-state index is 0.760. The molecule has 0 aliphatic carbocycles. The van der Waals surface area contributed by atoms with Crippen molar-refractivity contribution in [1.29, 1.82) is 0 Å². The number of fused-ring (bicyclic) bond motifs is 1. The van der Waals surface area contributed by atoms with E-state index in [1.165, 1.54) is 5.56 Å². The Morgan fingerprint density at radius 1 is 1.05 bits per heavy atom. The second kappa shape index (κ2) is 5.06. The van der Waals surface area contributed by atoms with E-state index < -0.39 is 0 Å². The Labute approximate surface area is 124 Å². The van der Waals surface area contributed by atoms with E-state index in [0.29, 0.717) is 0 Å². The Hall–Kier alpha value is -2.61. The quantitative estimate of drug-likeness (QED) is 0.680. The van der Waals surface area contributed by atoms with Gasteiger partial charge in [0.1, 0.15) is 0 Å². The Morgan fingerprint density at radius 2 is 1.76 bits per heavy atom. The van der Waals surface area contributed by atoms with Gasteiger partial charge in [-0.2, -0.15) is 0 Å². The highest BCUT2D eigenvalue weighted by Crippen LogP contribution is 2.29. The summed E-state index contributed by atoms with van der Waals surface area (Å²) in [6.07, 6.45) is 0. The molecule has 1 heterocycles. The fraction of sp³-hybridized carbons (Fsp3) is 0.105. The number of benzene rings is 2. The van der Waals surface area contributed by atoms with Gasteiger partial charge in [0.15, 0.2) is 0 Å². The first-order chi connectivity index (χ1) is 10.0. The molecule has 0 aliphatic heterocycles. The second-order valence-corrected chi connectivity index (χ2v) is 5.48. The maximum atomic E-state index is 5.76. The van der Waals surface area contributed by atoms with Gasteiger partial charge in [0, 0.05) is 16.6 Å². The van der Waals surface area contributed by atoms with E-state index in [1.54, 1.807) is 0 Å². The highest BCUT2D eigenvalue weighted by atomic mass is 14.7. The van der Waals surface area contributed by atoms with Crippen LogP contribution in [0.1, 0.15) is 18.1 Å². The van der Waals surface area contributed by atoms with Crippen LogP contribution < -0.4 is 5.73 Å². The number of nitrogen functional groups attached to an aromatic ring is 1. The van der Waals surface area contributed by atoms with E-state index in [-0.39, 0.29) is 0 Å². The lowest BCUT2D eigenvalue weighted by molar-refractivity contribution is 1.37. The number of anilines is 1. The number of nitrogens with two attached hydrogens (primary N) is 1. The van der Waals surface area contributed by atoms with Gasteiger partial charge in [-0.1, -0.05) is 35.9 Å². The van der Waals surface area contributed by atoms with Crippen LogP contribution in [0.3, 0.4) is 0 Å². The monoisotopic (exact) mass is 274 g/mol. The molecule has 2 N–H and O–H groups in total. The minimum Gasteiger partial charge on any atom is -0.399 e. The Bertz CT molecular complexity index is 830. The van der Waals surface area contributed by atoms with Gasteiger partial charge < -0.3 is 5.73 Å². The van der Waals surface area contributed by atoms with Crippen molar-refractivity contribution < 1.29 is 0 Å². The molecule has 3 aromatic rings. The van der Waals surface area contributed by atoms with E-state index >= 15 is 0 Å². The molecule has 0 saturated heterocycles. The van der Waals surface area contributed by atoms with Crippen molar-refractivity contribution in [3.8, 4) is 11.3 Å². The number of rotatable bonds is 2. The number of aromatic nitrogens is 1. The summed E-state index contributed by atoms with van der Waals surface area (Å²) >= 11 is 0. The van der Waals surface area contributed by atoms with Crippen LogP contribution >= 0.6 is 0 Å². The molecule has 2 aromatic carbocycles. The zero-order valence-corrected chi connectivity index (χ0v) is 12.4. The number of hydrogen-bond donors (Lipinski definition) is 1. The zero-order chi connectivity index (χ0) is 15.0. The van der Waals surface area contributed by atoms with E-state index in [9.17, 15) is 0 Å². The second-order valence-electron chi connectivity index (χ2n) is 5.48. The molecular formula is C19H18N2. The first kappa shape index (κ1) is 13.4. The van der Waals surface area contributed by atoms with Gasteiger partial charge in [-0.25, -0.2) is 4.98 Å². The molecule has 0 saturated carbocycles. The Kier molecular flexibility index (Phi) is 3.22. The average Bonchev–Trinajstić information content (AvgIpc) is 2.46. The summed E-state index contributed by atoms with van der Waals surface area (Å²) in [7, 11) is 0. The smallest absolute Gasteiger partial charge is 0.0715 e. The summed E-state index contributed by atoms with van der Waals surface area (Å²) in [5.41, 5.74) is 12.9. The molecule has 0 fully saturated rings. The van der Waals surface area contributed by atoms with Crippen LogP contribution in [-0.2, 0) is 0 Å². The van der Waals surface area contributed by atoms with Gasteiger partial charge in [-0.15, -0.1) is 0 Å². The van der Waals surface area contributed by atoms with Crippen LogP contribution in [0.15, 0.2) is 55.1 Å². The Morgan fingerprint density at radius 3 is 2.43 bits per heavy atom. The topological polar surface area (TPSA) is 38.9 Å². The van der Waals surface area contributed by atoms with Gasteiger partial charge in [-0.05, 0) is 49.7 Å². The summed E-state index contributed by atoms with van der Waals surface area (Å²) in [6, 6.07) is 16.2. The van der Waals surface area contributed by atoms with Gasteiger partial charge in [0.2, 0.25) is 0 Å². The minimum atomic E-state index is 0.760. The molecule has 104 valence electrons. The highest BCUT2D eigenvalue weighted by molar-refractivity contribution is 5.93. The molecular weight excluding hydrogens is 256 g/mol. The predicted molar refractivity (Wildman–Crippen MR) is 91.0 cm³/mol. The van der Waals surface area contributed by atoms with Gasteiger partial charge in [0.25, 0.3) is 0 Å². The first-order valence-electron chi connectivity index (χ1n) is 6.98. The molecule has 0 radical (unpaired) electrons. The SMILES string of the molecule is C=C(C)c1cc(-c2ccc(N)cc2)nc2ccc(C)cc12. The van der Waals surface area contributed by atoms with Crippen molar-refractivity contribution in [3.05, 3.63) is 66.2 Å². The van der Waals surface area contributed by atoms with E-state index in [2.05, 4.69) is 37.8 Å². The van der Waals surface area contributed by atoms with Crippen molar-refractivity contribution in [2.75, 3.05) is 5.73 Å². The molecule has 1 aromatic heterocycles. The van der Waals surface area contributed by atoms with Gasteiger partial charge in [0.05, 0.1) is 11.2 Å². The largest absolute Gasteiger partial charge is 0.399 e. The van der Waals surface area contributed by atoms with Crippen LogP contribution in [0.4, 0.5) is 5.69 Å². The number of pyridine rings is 1. The maximum Gasteiger partial charge on any atom is 0.0715 e. The highest BCUT2D eigenvalue weighted by Gasteiger charge is 2.08. The predicted octanol–water partition coefficient (Wildman–Crippen LogP) is 4.83. The van der Waals surface area contributed by atoms with Gasteiger partial charge >= 0.3 is 0 Å². The summed E-state index contributed by atoms with van der Waals surface area (Å²) < 4.78 is 0. The molecule has 0 bridgehead atoms. The number of aryl methyl sites for hydroxylation is 1. The zero-order valence-electron chi connectivity index (χ0n) is 12.4. The molecule has 21 heavy (non-hydrogen) atoms. The molecule has 0 spiro atoms. The summed E-state index contributed by atoms with van der Waals surface area (Å²) in [5.74, 6) is 0. The van der Waals surface area contributed by atoms with E-state index in [0.717, 1.165) is 39.0 Å². The van der Waals surface area contributed by atoms with Crippen LogP contribution in [0.25, 0.3) is 27.7 Å². The van der Waals surface area contributed by atoms with Crippen LogP contribution in [0.2, 0.25) is 0 Å². The van der Waals surface area contributed by atoms with E-state index in [4.69, 9.17) is 10.7 Å². The number of hydrogen-bond acceptors (Lipinski definition) is 2. The van der Waals surface area contributed by atoms with Crippen molar-refractivity contribution in [1.82, 2.24) is 4.98 Å². The maximum absolute atomic E-state index is 5.76. The van der Waals surface area contributed by atoms with Gasteiger partial charge in [-0.3, -0.25) is 0 Å². The normalized spacial score (nSPS) is 10.8. The molecule has 2 heteroatoms. The molecule has 0 unspecified atom stereocenters. The molecule has 0 aliphatic rings. The van der Waals surface area contributed by atoms with E-state index in [1.807, 2.05) is 31.2 Å². The van der Waals surface area contributed by atoms with Crippen molar-refractivity contribution in [3.63, 3.8) is 0 Å². The lowest BCUT2D eigenvalue weighted by atomic mass is 9.99. The van der Waals surface area contributed by atoms with Crippen molar-refractivity contribution in [2.45, 2.75) is 13.8 Å². The summed E-state index contributed by atoms with van der Waals surface area (Å²) in [6.45, 7) is 8.23. The average molecular weight is 274 g/mol. The molecule has 0 atom stereocenters. The third-order valence-electron chi connectivity index (χ3n) is 3.63. The van der Waals surface area contributed by atoms with Crippen LogP contribution in [-0.4, -0.2) is 4.98 Å². The van der Waals surface area contributed by atoms with Crippen LogP contribution in [0, 0.1) is 6.92 Å². The number of allylic oxidation sites excluding steroid dienone is 1. The third-order valence-corrected chi connectivity index (χ3v) is 3.63. The molecule has 2 nitrogen and oxygen atoms in total. The van der Waals surface area contributed by atoms with Crippen molar-refractivity contribution >= 4 is 22.2 Å². The third kappa shape index (κ3) is 2.52. The first-order valence-corrected chi connectivity index (χ1v) is 6.98. The van der Waals surface area contributed by atoms with Crippen molar-refractivity contribution in [2.24, 2.45) is 0 Å². The lowest BCUT2D eigenvalue weighted by Gasteiger charge is -2.10. The Balaban J connectivity index is 2.28. The fourth-order valence-corrected chi connectivity index (χ4v) is 2.49. The number of nitrogens with zero attached hydrogens (tertiary/aromatic N) is 1. The molecule has 0 amide bonds. The summed E-state index contributed by atoms with van der Waals surface area (Å²) in [4.78, 5) is 4.78. The standard InChI is InChI=1S/C19H18N2/c1-12(2)16-11-19(14-5-7-15(20)8-6-14)21-18-9-4-13(3)10-17(16)18/h4-11H,1,20H2,2-3H3. The summed E-state index contributed by atoms with van der Waals surface area (Å²) in [5, 5.41) is 1.15. The lowest BCUT2D eigenvalue weighted by Crippen LogP contribution is -1.92. The fourth-order valence-electron chi connectivity index (χ4n) is 2.49.